The highest BCUT2D eigenvalue weighted by Gasteiger charge is 2.35. The van der Waals surface area contributed by atoms with E-state index >= 15 is 0 Å². The lowest BCUT2D eigenvalue weighted by Crippen LogP contribution is -2.35. The second-order valence-corrected chi connectivity index (χ2v) is 7.35. The molecule has 0 spiro atoms. The molecule has 1 aliphatic rings. The highest BCUT2D eigenvalue weighted by atomic mass is 35.5. The minimum absolute atomic E-state index is 0.200. The molecule has 0 N–H and O–H groups in total. The van der Waals surface area contributed by atoms with Gasteiger partial charge in [-0.05, 0) is 25.0 Å². The van der Waals surface area contributed by atoms with Gasteiger partial charge in [-0.15, -0.1) is 11.3 Å². The Bertz CT molecular complexity index is 497. The Morgan fingerprint density at radius 1 is 1.50 bits per heavy atom. The van der Waals surface area contributed by atoms with E-state index in [1.165, 1.54) is 10.4 Å². The maximum absolute atomic E-state index is 12.1. The smallest absolute Gasteiger partial charge is 0.253 e. The highest BCUT2D eigenvalue weighted by molar-refractivity contribution is 7.91. The van der Waals surface area contributed by atoms with Crippen molar-refractivity contribution in [1.29, 1.82) is 0 Å². The Balaban J connectivity index is 2.35. The first kappa shape index (κ1) is 12.0. The van der Waals surface area contributed by atoms with Crippen LogP contribution in [0, 0.1) is 0 Å². The molecule has 2 rings (SSSR count). The van der Waals surface area contributed by atoms with Crippen molar-refractivity contribution in [3.05, 3.63) is 16.5 Å². The average molecular weight is 280 g/mol. The van der Waals surface area contributed by atoms with Gasteiger partial charge in [-0.1, -0.05) is 11.6 Å². The van der Waals surface area contributed by atoms with Crippen molar-refractivity contribution in [1.82, 2.24) is 4.31 Å². The van der Waals surface area contributed by atoms with Gasteiger partial charge in [-0.3, -0.25) is 0 Å². The van der Waals surface area contributed by atoms with Gasteiger partial charge in [-0.2, -0.15) is 4.31 Å². The Labute approximate surface area is 103 Å². The van der Waals surface area contributed by atoms with E-state index in [-0.39, 0.29) is 4.21 Å². The topological polar surface area (TPSA) is 54.5 Å². The summed E-state index contributed by atoms with van der Waals surface area (Å²) in [6.07, 6.45) is 2.02. The lowest BCUT2D eigenvalue weighted by Gasteiger charge is -2.18. The quantitative estimate of drug-likeness (QED) is 0.792. The number of carbonyl (C=O) groups excluding carboxylic acids is 1. The minimum atomic E-state index is -3.54. The van der Waals surface area contributed by atoms with Crippen LogP contribution in [-0.2, 0) is 14.8 Å². The number of halogens is 1. The molecule has 7 heteroatoms. The van der Waals surface area contributed by atoms with Crippen molar-refractivity contribution < 1.29 is 13.2 Å². The van der Waals surface area contributed by atoms with Gasteiger partial charge in [0.25, 0.3) is 10.0 Å². The van der Waals surface area contributed by atoms with Gasteiger partial charge in [0.15, 0.2) is 0 Å². The van der Waals surface area contributed by atoms with Gasteiger partial charge in [0, 0.05) is 6.54 Å². The van der Waals surface area contributed by atoms with E-state index in [1.54, 1.807) is 6.07 Å². The molecule has 1 aromatic heterocycles. The summed E-state index contributed by atoms with van der Waals surface area (Å²) in [7, 11) is -3.54. The summed E-state index contributed by atoms with van der Waals surface area (Å²) in [5, 5.41) is 0. The molecule has 1 saturated heterocycles. The predicted octanol–water partition coefficient (Wildman–Crippen LogP) is 1.75. The zero-order chi connectivity index (χ0) is 11.8. The van der Waals surface area contributed by atoms with Crippen LogP contribution < -0.4 is 0 Å². The second kappa shape index (κ2) is 4.44. The van der Waals surface area contributed by atoms with Crippen molar-refractivity contribution in [3.8, 4) is 0 Å². The molecule has 2 heterocycles. The number of rotatable bonds is 3. The Hall–Kier alpha value is -0.430. The molecule has 16 heavy (non-hydrogen) atoms. The lowest BCUT2D eigenvalue weighted by molar-refractivity contribution is -0.110. The van der Waals surface area contributed by atoms with Gasteiger partial charge < -0.3 is 4.79 Å². The van der Waals surface area contributed by atoms with Crippen LogP contribution in [0.4, 0.5) is 0 Å². The fraction of sp³-hybridized carbons (Fsp3) is 0.444. The molecule has 1 fully saturated rings. The molecule has 1 atom stereocenters. The standard InChI is InChI=1S/C9H10ClNO3S2/c10-8-3-4-9(15-8)16(13,14)11-5-1-2-7(11)6-12/h3-4,6-7H,1-2,5H2/t7-/m0/s1. The van der Waals surface area contributed by atoms with Crippen LogP contribution in [0.5, 0.6) is 0 Å². The van der Waals surface area contributed by atoms with Crippen molar-refractivity contribution in [3.63, 3.8) is 0 Å². The third kappa shape index (κ3) is 2.02. The molecule has 1 aromatic rings. The van der Waals surface area contributed by atoms with E-state index in [9.17, 15) is 13.2 Å². The van der Waals surface area contributed by atoms with Crippen LogP contribution in [-0.4, -0.2) is 31.6 Å². The van der Waals surface area contributed by atoms with E-state index in [0.717, 1.165) is 17.8 Å². The monoisotopic (exact) mass is 279 g/mol. The summed E-state index contributed by atoms with van der Waals surface area (Å²) >= 11 is 6.72. The third-order valence-corrected chi connectivity index (χ3v) is 6.14. The number of hydrogen-bond donors (Lipinski definition) is 0. The molecule has 0 aromatic carbocycles. The number of nitrogens with zero attached hydrogens (tertiary/aromatic N) is 1. The van der Waals surface area contributed by atoms with Gasteiger partial charge in [0.2, 0.25) is 0 Å². The number of aldehydes is 1. The molecular formula is C9H10ClNO3S2. The summed E-state index contributed by atoms with van der Waals surface area (Å²) < 4.78 is 26.2. The molecule has 0 amide bonds. The molecule has 0 bridgehead atoms. The minimum Gasteiger partial charge on any atom is -0.302 e. The summed E-state index contributed by atoms with van der Waals surface area (Å²) in [5.74, 6) is 0. The van der Waals surface area contributed by atoms with E-state index in [4.69, 9.17) is 11.6 Å². The van der Waals surface area contributed by atoms with Crippen molar-refractivity contribution in [2.75, 3.05) is 6.54 Å². The Morgan fingerprint density at radius 3 is 2.81 bits per heavy atom. The molecule has 0 saturated carbocycles. The van der Waals surface area contributed by atoms with E-state index in [0.29, 0.717) is 23.6 Å². The van der Waals surface area contributed by atoms with Gasteiger partial charge in [-0.25, -0.2) is 8.42 Å². The van der Waals surface area contributed by atoms with Crippen LogP contribution in [0.25, 0.3) is 0 Å². The normalized spacial score (nSPS) is 22.4. The van der Waals surface area contributed by atoms with Gasteiger partial charge in [0.05, 0.1) is 10.4 Å². The fourth-order valence-corrected chi connectivity index (χ4v) is 5.00. The van der Waals surface area contributed by atoms with Crippen LogP contribution in [0.15, 0.2) is 16.3 Å². The molecular weight excluding hydrogens is 270 g/mol. The van der Waals surface area contributed by atoms with Crippen LogP contribution in [0.3, 0.4) is 0 Å². The third-order valence-electron chi connectivity index (χ3n) is 2.52. The van der Waals surface area contributed by atoms with Gasteiger partial charge >= 0.3 is 0 Å². The van der Waals surface area contributed by atoms with E-state index in [1.807, 2.05) is 0 Å². The number of carbonyl (C=O) groups is 1. The van der Waals surface area contributed by atoms with Crippen molar-refractivity contribution in [2.45, 2.75) is 23.1 Å². The van der Waals surface area contributed by atoms with Crippen molar-refractivity contribution in [2.24, 2.45) is 0 Å². The maximum Gasteiger partial charge on any atom is 0.253 e. The summed E-state index contributed by atoms with van der Waals surface area (Å²) in [6.45, 7) is 0.404. The Morgan fingerprint density at radius 2 is 2.25 bits per heavy atom. The zero-order valence-corrected chi connectivity index (χ0v) is 10.7. The first-order valence-corrected chi connectivity index (χ1v) is 7.41. The molecule has 88 valence electrons. The predicted molar refractivity (Wildman–Crippen MR) is 62.3 cm³/mol. The average Bonchev–Trinajstić information content (AvgIpc) is 2.85. The first-order valence-electron chi connectivity index (χ1n) is 4.78. The highest BCUT2D eigenvalue weighted by Crippen LogP contribution is 2.31. The zero-order valence-electron chi connectivity index (χ0n) is 8.30. The molecule has 0 unspecified atom stereocenters. The second-order valence-electron chi connectivity index (χ2n) is 3.52. The van der Waals surface area contributed by atoms with E-state index in [2.05, 4.69) is 0 Å². The van der Waals surface area contributed by atoms with Crippen LogP contribution >= 0.6 is 22.9 Å². The summed E-state index contributed by atoms with van der Waals surface area (Å²) in [6, 6.07) is 2.50. The molecule has 0 aliphatic carbocycles. The van der Waals surface area contributed by atoms with Crippen LogP contribution in [0.1, 0.15) is 12.8 Å². The fourth-order valence-electron chi connectivity index (χ4n) is 1.75. The molecule has 0 radical (unpaired) electrons. The number of sulfonamides is 1. The maximum atomic E-state index is 12.1. The van der Waals surface area contributed by atoms with E-state index < -0.39 is 16.1 Å². The number of thiophene rings is 1. The van der Waals surface area contributed by atoms with Gasteiger partial charge in [0.1, 0.15) is 10.5 Å². The largest absolute Gasteiger partial charge is 0.302 e. The SMILES string of the molecule is O=C[C@@H]1CCCN1S(=O)(=O)c1ccc(Cl)s1. The summed E-state index contributed by atoms with van der Waals surface area (Å²) in [4.78, 5) is 10.8. The Kier molecular flexibility index (Phi) is 3.34. The lowest BCUT2D eigenvalue weighted by atomic mass is 10.2. The molecule has 4 nitrogen and oxygen atoms in total. The number of hydrogen-bond acceptors (Lipinski definition) is 4. The van der Waals surface area contributed by atoms with Crippen molar-refractivity contribution >= 4 is 39.2 Å². The van der Waals surface area contributed by atoms with Crippen LogP contribution in [0.2, 0.25) is 4.34 Å². The summed E-state index contributed by atoms with van der Waals surface area (Å²) in [5.41, 5.74) is 0. The molecule has 1 aliphatic heterocycles. The first-order chi connectivity index (χ1) is 7.55.